The molecule has 0 N–H and O–H groups in total. The van der Waals surface area contributed by atoms with Crippen LogP contribution in [0.3, 0.4) is 0 Å². The highest BCUT2D eigenvalue weighted by molar-refractivity contribution is 8.05. The molecule has 3 heteroatoms. The van der Waals surface area contributed by atoms with Crippen molar-refractivity contribution >= 4 is 36.5 Å². The molecule has 20 heavy (non-hydrogen) atoms. The number of hydrogen-bond donors (Lipinski definition) is 0. The van der Waals surface area contributed by atoms with E-state index in [1.54, 1.807) is 0 Å². The first kappa shape index (κ1) is 15.4. The third kappa shape index (κ3) is 4.01. The first-order valence-corrected chi connectivity index (χ1v) is 11.4. The lowest BCUT2D eigenvalue weighted by molar-refractivity contribution is 1.47. The molecule has 0 aliphatic rings. The van der Waals surface area contributed by atoms with Gasteiger partial charge >= 0.3 is 0 Å². The van der Waals surface area contributed by atoms with Crippen molar-refractivity contribution in [3.05, 3.63) is 70.8 Å². The predicted octanol–water partition coefficient (Wildman–Crippen LogP) is 6.26. The lowest BCUT2D eigenvalue weighted by atomic mass is 10.2. The normalized spacial score (nSPS) is 13.0. The number of halogens is 1. The van der Waals surface area contributed by atoms with Crippen LogP contribution in [0.15, 0.2) is 70.1 Å². The van der Waals surface area contributed by atoms with Crippen molar-refractivity contribution < 1.29 is 0 Å². The molecule has 0 heterocycles. The summed E-state index contributed by atoms with van der Waals surface area (Å²) in [5.74, 6) is 0. The van der Waals surface area contributed by atoms with Crippen LogP contribution in [-0.4, -0.2) is 8.07 Å². The fourth-order valence-electron chi connectivity index (χ4n) is 1.85. The first-order valence-electron chi connectivity index (χ1n) is 6.67. The SMILES string of the molecule is C[Si](C)(C)/C(Sc1ccccc1)=C(\Cl)c1ccccc1. The molecule has 0 saturated heterocycles. The molecule has 0 nitrogen and oxygen atoms in total. The summed E-state index contributed by atoms with van der Waals surface area (Å²) in [5.41, 5.74) is 1.11. The fourth-order valence-corrected chi connectivity index (χ4v) is 6.06. The Morgan fingerprint density at radius 1 is 0.850 bits per heavy atom. The van der Waals surface area contributed by atoms with Crippen molar-refractivity contribution in [1.82, 2.24) is 0 Å². The van der Waals surface area contributed by atoms with E-state index in [0.717, 1.165) is 10.6 Å². The second-order valence-electron chi connectivity index (χ2n) is 5.67. The van der Waals surface area contributed by atoms with Crippen LogP contribution in [0.25, 0.3) is 5.03 Å². The van der Waals surface area contributed by atoms with E-state index in [4.69, 9.17) is 11.6 Å². The molecule has 0 aromatic heterocycles. The molecule has 0 aliphatic heterocycles. The average molecular weight is 319 g/mol. The number of thioether (sulfide) groups is 1. The minimum absolute atomic E-state index is 0.901. The Hall–Kier alpha value is -0.963. The topological polar surface area (TPSA) is 0 Å². The lowest BCUT2D eigenvalue weighted by Crippen LogP contribution is -2.22. The van der Waals surface area contributed by atoms with Gasteiger partial charge in [0.15, 0.2) is 0 Å². The number of rotatable bonds is 4. The summed E-state index contributed by atoms with van der Waals surface area (Å²) in [7, 11) is -1.50. The van der Waals surface area contributed by atoms with Crippen LogP contribution in [0.1, 0.15) is 5.56 Å². The second kappa shape index (κ2) is 6.66. The van der Waals surface area contributed by atoms with Gasteiger partial charge in [0.1, 0.15) is 0 Å². The first-order chi connectivity index (χ1) is 9.48. The maximum absolute atomic E-state index is 6.70. The van der Waals surface area contributed by atoms with Crippen LogP contribution >= 0.6 is 23.4 Å². The molecule has 104 valence electrons. The molecule has 0 unspecified atom stereocenters. The maximum atomic E-state index is 6.70. The summed E-state index contributed by atoms with van der Waals surface area (Å²) in [5, 5.41) is 0.901. The highest BCUT2D eigenvalue weighted by atomic mass is 35.5. The van der Waals surface area contributed by atoms with E-state index in [1.807, 2.05) is 36.0 Å². The third-order valence-corrected chi connectivity index (χ3v) is 8.22. The van der Waals surface area contributed by atoms with E-state index in [9.17, 15) is 0 Å². The zero-order valence-electron chi connectivity index (χ0n) is 12.1. The standard InChI is InChI=1S/C17H19ClSSi/c1-20(2,3)17(19-15-12-8-5-9-13-15)16(18)14-10-6-4-7-11-14/h4-13H,1-3H3/b17-16-. The minimum atomic E-state index is -1.50. The molecular formula is C17H19ClSSi. The number of benzene rings is 2. The van der Waals surface area contributed by atoms with Gasteiger partial charge in [-0.15, -0.1) is 0 Å². The molecule has 0 aliphatic carbocycles. The van der Waals surface area contributed by atoms with Gasteiger partial charge in [-0.05, 0) is 22.2 Å². The Bertz CT molecular complexity index is 585. The predicted molar refractivity (Wildman–Crippen MR) is 94.9 cm³/mol. The van der Waals surface area contributed by atoms with Gasteiger partial charge in [-0.1, -0.05) is 91.5 Å². The van der Waals surface area contributed by atoms with E-state index < -0.39 is 8.07 Å². The average Bonchev–Trinajstić information content (AvgIpc) is 2.45. The molecule has 0 spiro atoms. The van der Waals surface area contributed by atoms with Crippen molar-refractivity contribution in [2.75, 3.05) is 0 Å². The van der Waals surface area contributed by atoms with Crippen molar-refractivity contribution in [3.8, 4) is 0 Å². The van der Waals surface area contributed by atoms with E-state index in [1.165, 1.54) is 9.42 Å². The number of hydrogen-bond acceptors (Lipinski definition) is 1. The van der Waals surface area contributed by atoms with Crippen molar-refractivity contribution in [3.63, 3.8) is 0 Å². The lowest BCUT2D eigenvalue weighted by Gasteiger charge is -2.22. The summed E-state index contributed by atoms with van der Waals surface area (Å²) in [4.78, 5) is 1.25. The molecule has 0 saturated carbocycles. The Morgan fingerprint density at radius 2 is 1.35 bits per heavy atom. The van der Waals surface area contributed by atoms with Gasteiger partial charge in [-0.25, -0.2) is 0 Å². The summed E-state index contributed by atoms with van der Waals surface area (Å²) in [6.07, 6.45) is 0. The van der Waals surface area contributed by atoms with Gasteiger partial charge in [-0.3, -0.25) is 0 Å². The van der Waals surface area contributed by atoms with Crippen molar-refractivity contribution in [2.45, 2.75) is 24.5 Å². The quantitative estimate of drug-likeness (QED) is 0.473. The molecule has 0 atom stereocenters. The molecule has 0 radical (unpaired) electrons. The van der Waals surface area contributed by atoms with Crippen LogP contribution in [0.4, 0.5) is 0 Å². The van der Waals surface area contributed by atoms with E-state index >= 15 is 0 Å². The molecule has 2 rings (SSSR count). The zero-order chi connectivity index (χ0) is 14.6. The van der Waals surface area contributed by atoms with Gasteiger partial charge in [0.2, 0.25) is 0 Å². The van der Waals surface area contributed by atoms with Gasteiger partial charge in [0.05, 0.1) is 13.1 Å². The van der Waals surface area contributed by atoms with E-state index in [-0.39, 0.29) is 0 Å². The van der Waals surface area contributed by atoms with E-state index in [0.29, 0.717) is 0 Å². The van der Waals surface area contributed by atoms with Crippen molar-refractivity contribution in [1.29, 1.82) is 0 Å². The van der Waals surface area contributed by atoms with Crippen LogP contribution in [0.2, 0.25) is 19.6 Å². The fraction of sp³-hybridized carbons (Fsp3) is 0.176. The van der Waals surface area contributed by atoms with Gasteiger partial charge < -0.3 is 0 Å². The van der Waals surface area contributed by atoms with Crippen LogP contribution < -0.4 is 0 Å². The maximum Gasteiger partial charge on any atom is 0.0882 e. The van der Waals surface area contributed by atoms with Crippen LogP contribution in [0.5, 0.6) is 0 Å². The molecule has 0 fully saturated rings. The van der Waals surface area contributed by atoms with Gasteiger partial charge in [-0.2, -0.15) is 0 Å². The van der Waals surface area contributed by atoms with Crippen LogP contribution in [0, 0.1) is 0 Å². The Labute approximate surface area is 131 Å². The highest BCUT2D eigenvalue weighted by Crippen LogP contribution is 2.40. The summed E-state index contributed by atoms with van der Waals surface area (Å²) in [6.45, 7) is 7.01. The van der Waals surface area contributed by atoms with Crippen molar-refractivity contribution in [2.24, 2.45) is 0 Å². The third-order valence-electron chi connectivity index (χ3n) is 2.87. The van der Waals surface area contributed by atoms with Crippen LogP contribution in [-0.2, 0) is 0 Å². The Balaban J connectivity index is 2.43. The Kier molecular flexibility index (Phi) is 5.14. The molecular weight excluding hydrogens is 300 g/mol. The summed E-state index contributed by atoms with van der Waals surface area (Å²) in [6, 6.07) is 20.7. The van der Waals surface area contributed by atoms with Gasteiger partial charge in [0, 0.05) is 4.90 Å². The minimum Gasteiger partial charge on any atom is -0.0976 e. The summed E-state index contributed by atoms with van der Waals surface area (Å²) < 4.78 is 1.33. The molecule has 2 aromatic rings. The molecule has 2 aromatic carbocycles. The smallest absolute Gasteiger partial charge is 0.0882 e. The highest BCUT2D eigenvalue weighted by Gasteiger charge is 2.24. The Morgan fingerprint density at radius 3 is 1.85 bits per heavy atom. The largest absolute Gasteiger partial charge is 0.0976 e. The van der Waals surface area contributed by atoms with E-state index in [2.05, 4.69) is 56.0 Å². The zero-order valence-corrected chi connectivity index (χ0v) is 14.6. The summed E-state index contributed by atoms with van der Waals surface area (Å²) >= 11 is 8.51. The molecule has 0 amide bonds. The second-order valence-corrected chi connectivity index (χ2v) is 12.5. The molecule has 0 bridgehead atoms. The van der Waals surface area contributed by atoms with Gasteiger partial charge in [0.25, 0.3) is 0 Å². The monoisotopic (exact) mass is 318 g/mol.